The van der Waals surface area contributed by atoms with E-state index < -0.39 is 12.6 Å². The van der Waals surface area contributed by atoms with Crippen LogP contribution < -0.4 is 9.64 Å². The van der Waals surface area contributed by atoms with Gasteiger partial charge in [-0.2, -0.15) is 0 Å². The van der Waals surface area contributed by atoms with Gasteiger partial charge in [0.25, 0.3) is 5.91 Å². The first-order valence-electron chi connectivity index (χ1n) is 5.24. The Morgan fingerprint density at radius 3 is 2.33 bits per heavy atom. The van der Waals surface area contributed by atoms with Gasteiger partial charge in [-0.05, 0) is 24.3 Å². The molecule has 0 spiro atoms. The third-order valence-electron chi connectivity index (χ3n) is 2.28. The SMILES string of the molecule is COc1ccc(N(C)C(=O)COCC(=O)O)cc1. The van der Waals surface area contributed by atoms with Crippen molar-refractivity contribution >= 4 is 17.6 Å². The summed E-state index contributed by atoms with van der Waals surface area (Å²) in [7, 11) is 3.15. The summed E-state index contributed by atoms with van der Waals surface area (Å²) in [6.45, 7) is -0.753. The van der Waals surface area contributed by atoms with Gasteiger partial charge in [0.05, 0.1) is 7.11 Å². The zero-order valence-electron chi connectivity index (χ0n) is 10.3. The number of carboxylic acid groups (broad SMARTS) is 1. The number of benzene rings is 1. The average Bonchev–Trinajstić information content (AvgIpc) is 2.37. The van der Waals surface area contributed by atoms with E-state index in [4.69, 9.17) is 14.6 Å². The van der Waals surface area contributed by atoms with Gasteiger partial charge in [0.15, 0.2) is 0 Å². The van der Waals surface area contributed by atoms with E-state index in [1.165, 1.54) is 4.90 Å². The van der Waals surface area contributed by atoms with Crippen LogP contribution in [0.15, 0.2) is 24.3 Å². The van der Waals surface area contributed by atoms with Crippen LogP contribution in [0.2, 0.25) is 0 Å². The van der Waals surface area contributed by atoms with Crippen molar-refractivity contribution in [1.29, 1.82) is 0 Å². The molecule has 0 aliphatic heterocycles. The molecule has 6 heteroatoms. The number of hydrogen-bond acceptors (Lipinski definition) is 4. The molecular weight excluding hydrogens is 238 g/mol. The van der Waals surface area contributed by atoms with E-state index in [1.54, 1.807) is 38.4 Å². The highest BCUT2D eigenvalue weighted by molar-refractivity contribution is 5.93. The minimum Gasteiger partial charge on any atom is -0.497 e. The standard InChI is InChI=1S/C12H15NO5/c1-13(11(14)7-18-8-12(15)16)9-3-5-10(17-2)6-4-9/h3-6H,7-8H2,1-2H3,(H,15,16). The lowest BCUT2D eigenvalue weighted by Crippen LogP contribution is -2.30. The zero-order valence-corrected chi connectivity index (χ0v) is 10.3. The minimum absolute atomic E-state index is 0.269. The third-order valence-corrected chi connectivity index (χ3v) is 2.28. The molecule has 1 aromatic rings. The maximum atomic E-state index is 11.7. The Morgan fingerprint density at radius 2 is 1.83 bits per heavy atom. The van der Waals surface area contributed by atoms with Crippen molar-refractivity contribution in [3.05, 3.63) is 24.3 Å². The summed E-state index contributed by atoms with van der Waals surface area (Å²) in [6.07, 6.45) is 0. The van der Waals surface area contributed by atoms with Crippen LogP contribution in [0.3, 0.4) is 0 Å². The number of likely N-dealkylation sites (N-methyl/N-ethyl adjacent to an activating group) is 1. The van der Waals surface area contributed by atoms with Gasteiger partial charge in [0, 0.05) is 12.7 Å². The maximum absolute atomic E-state index is 11.7. The van der Waals surface area contributed by atoms with Crippen molar-refractivity contribution in [2.75, 3.05) is 32.3 Å². The highest BCUT2D eigenvalue weighted by Crippen LogP contribution is 2.18. The monoisotopic (exact) mass is 253 g/mol. The van der Waals surface area contributed by atoms with Gasteiger partial charge < -0.3 is 19.5 Å². The molecular formula is C12H15NO5. The van der Waals surface area contributed by atoms with E-state index >= 15 is 0 Å². The topological polar surface area (TPSA) is 76.1 Å². The summed E-state index contributed by atoms with van der Waals surface area (Å²) in [5.74, 6) is -0.724. The largest absolute Gasteiger partial charge is 0.497 e. The van der Waals surface area contributed by atoms with Crippen molar-refractivity contribution in [2.24, 2.45) is 0 Å². The fraction of sp³-hybridized carbons (Fsp3) is 0.333. The molecule has 1 amide bonds. The molecule has 0 unspecified atom stereocenters. The number of aliphatic carboxylic acids is 1. The second-order valence-corrected chi connectivity index (χ2v) is 3.54. The van der Waals surface area contributed by atoms with Crippen LogP contribution in [0, 0.1) is 0 Å². The Kier molecular flexibility index (Phi) is 5.13. The van der Waals surface area contributed by atoms with Crippen molar-refractivity contribution in [2.45, 2.75) is 0 Å². The van der Waals surface area contributed by atoms with E-state index in [0.29, 0.717) is 11.4 Å². The van der Waals surface area contributed by atoms with Crippen LogP contribution in [-0.2, 0) is 14.3 Å². The van der Waals surface area contributed by atoms with E-state index in [2.05, 4.69) is 0 Å². The van der Waals surface area contributed by atoms with Crippen LogP contribution in [0.4, 0.5) is 5.69 Å². The van der Waals surface area contributed by atoms with Gasteiger partial charge in [0.2, 0.25) is 0 Å². The van der Waals surface area contributed by atoms with E-state index in [0.717, 1.165) is 0 Å². The smallest absolute Gasteiger partial charge is 0.329 e. The van der Waals surface area contributed by atoms with Gasteiger partial charge in [-0.3, -0.25) is 4.79 Å². The number of rotatable bonds is 6. The predicted octanol–water partition coefficient (Wildman–Crippen LogP) is 0.759. The molecule has 1 aromatic carbocycles. The number of anilines is 1. The summed E-state index contributed by atoms with van der Waals surface area (Å²) in [5.41, 5.74) is 0.680. The third kappa shape index (κ3) is 4.06. The fourth-order valence-electron chi connectivity index (χ4n) is 1.27. The molecule has 0 aliphatic rings. The molecule has 98 valence electrons. The molecule has 0 heterocycles. The van der Waals surface area contributed by atoms with E-state index in [9.17, 15) is 9.59 Å². The Balaban J connectivity index is 2.54. The molecule has 0 bridgehead atoms. The van der Waals surface area contributed by atoms with Gasteiger partial charge >= 0.3 is 5.97 Å². The second kappa shape index (κ2) is 6.61. The molecule has 1 rings (SSSR count). The summed E-state index contributed by atoms with van der Waals surface area (Å²) >= 11 is 0. The first-order chi connectivity index (χ1) is 8.54. The Morgan fingerprint density at radius 1 is 1.22 bits per heavy atom. The predicted molar refractivity (Wildman–Crippen MR) is 64.9 cm³/mol. The van der Waals surface area contributed by atoms with Crippen LogP contribution >= 0.6 is 0 Å². The van der Waals surface area contributed by atoms with Gasteiger partial charge in [-0.15, -0.1) is 0 Å². The van der Waals surface area contributed by atoms with Crippen LogP contribution in [0.25, 0.3) is 0 Å². The Bertz CT molecular complexity index is 415. The van der Waals surface area contributed by atoms with E-state index in [-0.39, 0.29) is 12.5 Å². The molecule has 0 saturated heterocycles. The lowest BCUT2D eigenvalue weighted by molar-refractivity contribution is -0.143. The number of carbonyl (C=O) groups excluding carboxylic acids is 1. The first-order valence-corrected chi connectivity index (χ1v) is 5.24. The Labute approximate surface area is 105 Å². The first kappa shape index (κ1) is 14.0. The van der Waals surface area contributed by atoms with Crippen LogP contribution in [0.5, 0.6) is 5.75 Å². The highest BCUT2D eigenvalue weighted by Gasteiger charge is 2.11. The number of ether oxygens (including phenoxy) is 2. The van der Waals surface area contributed by atoms with Crippen molar-refractivity contribution in [3.8, 4) is 5.75 Å². The summed E-state index contributed by atoms with van der Waals surface area (Å²) in [4.78, 5) is 23.3. The summed E-state index contributed by atoms with van der Waals surface area (Å²) in [6, 6.07) is 6.93. The molecule has 0 radical (unpaired) electrons. The molecule has 6 nitrogen and oxygen atoms in total. The lowest BCUT2D eigenvalue weighted by Gasteiger charge is -2.17. The summed E-state index contributed by atoms with van der Waals surface area (Å²) in [5, 5.41) is 8.38. The van der Waals surface area contributed by atoms with Gasteiger partial charge in [0.1, 0.15) is 19.0 Å². The van der Waals surface area contributed by atoms with Gasteiger partial charge in [-0.1, -0.05) is 0 Å². The highest BCUT2D eigenvalue weighted by atomic mass is 16.5. The van der Waals surface area contributed by atoms with Crippen molar-refractivity contribution < 1.29 is 24.2 Å². The number of hydrogen-bond donors (Lipinski definition) is 1. The number of carboxylic acids is 1. The second-order valence-electron chi connectivity index (χ2n) is 3.54. The summed E-state index contributed by atoms with van der Waals surface area (Å²) < 4.78 is 9.74. The molecule has 0 aliphatic carbocycles. The van der Waals surface area contributed by atoms with Crippen LogP contribution in [0.1, 0.15) is 0 Å². The molecule has 0 aromatic heterocycles. The Hall–Kier alpha value is -2.08. The van der Waals surface area contributed by atoms with E-state index in [1.807, 2.05) is 0 Å². The molecule has 18 heavy (non-hydrogen) atoms. The minimum atomic E-state index is -1.10. The zero-order chi connectivity index (χ0) is 13.5. The number of amides is 1. The fourth-order valence-corrected chi connectivity index (χ4v) is 1.27. The van der Waals surface area contributed by atoms with Gasteiger partial charge in [-0.25, -0.2) is 4.79 Å². The number of carbonyl (C=O) groups is 2. The average molecular weight is 253 g/mol. The molecule has 0 fully saturated rings. The molecule has 1 N–H and O–H groups in total. The molecule has 0 atom stereocenters. The van der Waals surface area contributed by atoms with Crippen LogP contribution in [-0.4, -0.2) is 44.4 Å². The lowest BCUT2D eigenvalue weighted by atomic mass is 10.3. The molecule has 0 saturated carbocycles. The normalized spacial score (nSPS) is 9.89. The number of methoxy groups -OCH3 is 1. The quantitative estimate of drug-likeness (QED) is 0.810. The van der Waals surface area contributed by atoms with Crippen molar-refractivity contribution in [1.82, 2.24) is 0 Å². The maximum Gasteiger partial charge on any atom is 0.329 e. The van der Waals surface area contributed by atoms with Crippen molar-refractivity contribution in [3.63, 3.8) is 0 Å². The number of nitrogens with zero attached hydrogens (tertiary/aromatic N) is 1.